The van der Waals surface area contributed by atoms with E-state index in [1.54, 1.807) is 23.9 Å². The first-order valence-corrected chi connectivity index (χ1v) is 4.72. The Kier molecular flexibility index (Phi) is 2.22. The molecule has 0 N–H and O–H groups in total. The molecule has 1 nitrogen and oxygen atoms in total. The normalized spacial score (nSPS) is 12.3. The second kappa shape index (κ2) is 3.20. The molecule has 2 aromatic rings. The van der Waals surface area contributed by atoms with Gasteiger partial charge in [-0.25, -0.2) is 0 Å². The first kappa shape index (κ1) is 10.4. The number of aromatic nitrogens is 1. The van der Waals surface area contributed by atoms with Gasteiger partial charge in [0, 0.05) is 23.8 Å². The van der Waals surface area contributed by atoms with Crippen LogP contribution in [-0.2, 0) is 7.05 Å². The minimum atomic E-state index is -5.04. The second-order valence-corrected chi connectivity index (χ2v) is 3.84. The topological polar surface area (TPSA) is 4.93 Å². The third kappa shape index (κ3) is 1.72. The number of benzene rings is 1. The number of rotatable bonds is 1. The van der Waals surface area contributed by atoms with Gasteiger partial charge in [-0.05, 0) is 17.5 Å². The maximum atomic E-state index is 12.6. The van der Waals surface area contributed by atoms with Crippen molar-refractivity contribution in [1.82, 2.24) is 4.57 Å². The summed E-state index contributed by atoms with van der Waals surface area (Å²) in [6.07, 6.45) is 1.70. The van der Waals surface area contributed by atoms with Crippen LogP contribution in [0.1, 0.15) is 0 Å². The van der Waals surface area contributed by atoms with Crippen molar-refractivity contribution in [3.8, 4) is 0 Å². The quantitative estimate of drug-likeness (QED) is 0.666. The molecule has 0 saturated heterocycles. The zero-order valence-corrected chi connectivity index (χ0v) is 8.60. The molecule has 0 spiro atoms. The maximum Gasteiger partial charge on any atom is 0.511 e. The first-order chi connectivity index (χ1) is 6.89. The van der Waals surface area contributed by atoms with E-state index in [9.17, 15) is 12.9 Å². The van der Waals surface area contributed by atoms with Crippen LogP contribution in [0.5, 0.6) is 0 Å². The summed E-state index contributed by atoms with van der Waals surface area (Å²) < 4.78 is 39.4. The summed E-state index contributed by atoms with van der Waals surface area (Å²) >= 11 is 5.60. The standard InChI is InChI=1S/C9H7BClF3N/c1-15-3-2-6-4-7(10(12,13)14)8(11)5-9(6)15/h2-5H,1H3/q-1. The molecular weight excluding hydrogens is 225 g/mol. The molecule has 0 bridgehead atoms. The summed E-state index contributed by atoms with van der Waals surface area (Å²) in [7, 11) is 1.76. The van der Waals surface area contributed by atoms with E-state index in [0.717, 1.165) is 6.07 Å². The van der Waals surface area contributed by atoms with Crippen molar-refractivity contribution < 1.29 is 12.9 Å². The molecule has 0 saturated carbocycles. The zero-order valence-electron chi connectivity index (χ0n) is 7.85. The van der Waals surface area contributed by atoms with E-state index in [-0.39, 0.29) is 5.02 Å². The minimum absolute atomic E-state index is 0.239. The molecule has 1 aromatic carbocycles. The Bertz CT molecular complexity index is 518. The summed E-state index contributed by atoms with van der Waals surface area (Å²) in [6.45, 7) is -5.04. The second-order valence-electron chi connectivity index (χ2n) is 3.43. The van der Waals surface area contributed by atoms with Crippen LogP contribution in [0.4, 0.5) is 12.9 Å². The van der Waals surface area contributed by atoms with Crippen molar-refractivity contribution in [3.05, 3.63) is 29.4 Å². The molecule has 15 heavy (non-hydrogen) atoms. The maximum absolute atomic E-state index is 12.6. The fraction of sp³-hybridized carbons (Fsp3) is 0.111. The summed E-state index contributed by atoms with van der Waals surface area (Å²) in [4.78, 5) is 0. The van der Waals surface area contributed by atoms with Gasteiger partial charge in [0.25, 0.3) is 0 Å². The number of aryl methyl sites for hydroxylation is 1. The number of hydrogen-bond acceptors (Lipinski definition) is 0. The lowest BCUT2D eigenvalue weighted by Gasteiger charge is -2.16. The lowest BCUT2D eigenvalue weighted by molar-refractivity contribution is 0.501. The van der Waals surface area contributed by atoms with Crippen LogP contribution < -0.4 is 5.46 Å². The van der Waals surface area contributed by atoms with Gasteiger partial charge in [-0.3, -0.25) is 0 Å². The van der Waals surface area contributed by atoms with E-state index in [1.165, 1.54) is 6.07 Å². The van der Waals surface area contributed by atoms with Crippen LogP contribution >= 0.6 is 11.6 Å². The van der Waals surface area contributed by atoms with Crippen LogP contribution in [-0.4, -0.2) is 11.5 Å². The van der Waals surface area contributed by atoms with Crippen molar-refractivity contribution in [2.45, 2.75) is 0 Å². The van der Waals surface area contributed by atoms with Gasteiger partial charge in [0.15, 0.2) is 0 Å². The predicted octanol–water partition coefficient (Wildman–Crippen LogP) is 2.89. The Hall–Kier alpha value is -1.10. The fourth-order valence-electron chi connectivity index (χ4n) is 1.56. The van der Waals surface area contributed by atoms with Gasteiger partial charge in [0.1, 0.15) is 0 Å². The van der Waals surface area contributed by atoms with E-state index < -0.39 is 12.4 Å². The predicted molar refractivity (Wildman–Crippen MR) is 56.6 cm³/mol. The van der Waals surface area contributed by atoms with Crippen molar-refractivity contribution >= 4 is 34.9 Å². The Morgan fingerprint density at radius 2 is 1.93 bits per heavy atom. The summed E-state index contributed by atoms with van der Waals surface area (Å²) in [5, 5.41) is 0.313. The first-order valence-electron chi connectivity index (χ1n) is 4.34. The number of hydrogen-bond donors (Lipinski definition) is 0. The molecule has 0 aliphatic heterocycles. The highest BCUT2D eigenvalue weighted by molar-refractivity contribution is 6.76. The fourth-order valence-corrected chi connectivity index (χ4v) is 1.84. The van der Waals surface area contributed by atoms with Gasteiger partial charge < -0.3 is 17.5 Å². The smallest absolute Gasteiger partial charge is 0.445 e. The molecule has 0 atom stereocenters. The minimum Gasteiger partial charge on any atom is -0.445 e. The van der Waals surface area contributed by atoms with E-state index in [2.05, 4.69) is 0 Å². The van der Waals surface area contributed by atoms with Gasteiger partial charge in [-0.2, -0.15) is 0 Å². The molecule has 0 unspecified atom stereocenters. The molecule has 1 aromatic heterocycles. The van der Waals surface area contributed by atoms with Gasteiger partial charge in [0.2, 0.25) is 0 Å². The third-order valence-corrected chi connectivity index (χ3v) is 2.68. The van der Waals surface area contributed by atoms with Crippen LogP contribution in [0.3, 0.4) is 0 Å². The van der Waals surface area contributed by atoms with Gasteiger partial charge >= 0.3 is 6.98 Å². The Morgan fingerprint density at radius 1 is 1.27 bits per heavy atom. The van der Waals surface area contributed by atoms with Crippen LogP contribution in [0.25, 0.3) is 10.9 Å². The van der Waals surface area contributed by atoms with E-state index in [0.29, 0.717) is 10.9 Å². The van der Waals surface area contributed by atoms with E-state index >= 15 is 0 Å². The molecule has 0 radical (unpaired) electrons. The Balaban J connectivity index is 2.74. The summed E-state index contributed by atoms with van der Waals surface area (Å²) in [5.74, 6) is 0. The molecule has 0 fully saturated rings. The van der Waals surface area contributed by atoms with Crippen molar-refractivity contribution in [2.24, 2.45) is 7.05 Å². The number of halogens is 4. The van der Waals surface area contributed by atoms with Crippen molar-refractivity contribution in [3.63, 3.8) is 0 Å². The van der Waals surface area contributed by atoms with E-state index in [4.69, 9.17) is 11.6 Å². The van der Waals surface area contributed by atoms with Gasteiger partial charge in [-0.15, -0.1) is 0 Å². The molecule has 0 aliphatic carbocycles. The SMILES string of the molecule is Cn1ccc2cc([B-](F)(F)F)c(Cl)cc21. The highest BCUT2D eigenvalue weighted by atomic mass is 35.5. The largest absolute Gasteiger partial charge is 0.511 e. The van der Waals surface area contributed by atoms with Gasteiger partial charge in [-0.1, -0.05) is 23.1 Å². The molecule has 80 valence electrons. The zero-order chi connectivity index (χ0) is 11.2. The third-order valence-electron chi connectivity index (χ3n) is 2.36. The Morgan fingerprint density at radius 3 is 2.53 bits per heavy atom. The highest BCUT2D eigenvalue weighted by Gasteiger charge is 2.28. The molecule has 1 heterocycles. The van der Waals surface area contributed by atoms with Crippen molar-refractivity contribution in [1.29, 1.82) is 0 Å². The lowest BCUT2D eigenvalue weighted by Crippen LogP contribution is -2.34. The van der Waals surface area contributed by atoms with Gasteiger partial charge in [0.05, 0.1) is 0 Å². The van der Waals surface area contributed by atoms with Crippen LogP contribution in [0.15, 0.2) is 24.4 Å². The molecule has 6 heteroatoms. The van der Waals surface area contributed by atoms with Crippen molar-refractivity contribution in [2.75, 3.05) is 0 Å². The van der Waals surface area contributed by atoms with Crippen LogP contribution in [0.2, 0.25) is 5.02 Å². The monoisotopic (exact) mass is 232 g/mol. The molecule has 0 amide bonds. The molecule has 0 aliphatic rings. The Labute approximate surface area is 89.5 Å². The highest BCUT2D eigenvalue weighted by Crippen LogP contribution is 2.22. The lowest BCUT2D eigenvalue weighted by atomic mass is 9.79. The van der Waals surface area contributed by atoms with Crippen LogP contribution in [0, 0.1) is 0 Å². The number of fused-ring (bicyclic) bond motifs is 1. The summed E-state index contributed by atoms with van der Waals surface area (Å²) in [6, 6.07) is 4.08. The average molecular weight is 232 g/mol. The summed E-state index contributed by atoms with van der Waals surface area (Å²) in [5.41, 5.74) is -0.0285. The number of nitrogens with zero attached hydrogens (tertiary/aromatic N) is 1. The van der Waals surface area contributed by atoms with E-state index in [1.807, 2.05) is 0 Å². The molecule has 2 rings (SSSR count). The molecular formula is C9H7BClF3N-. The average Bonchev–Trinajstić information content (AvgIpc) is 2.45.